The molecule has 0 atom stereocenters. The van der Waals surface area contributed by atoms with Crippen molar-refractivity contribution in [3.63, 3.8) is 0 Å². The van der Waals surface area contributed by atoms with Gasteiger partial charge >= 0.3 is 12.4 Å². The number of rotatable bonds is 8. The molecule has 11 heteroatoms. The predicted molar refractivity (Wildman–Crippen MR) is 153 cm³/mol. The van der Waals surface area contributed by atoms with Crippen molar-refractivity contribution >= 4 is 11.4 Å². The first-order valence-electron chi connectivity index (χ1n) is 13.5. The van der Waals surface area contributed by atoms with Crippen molar-refractivity contribution in [2.45, 2.75) is 67.2 Å². The van der Waals surface area contributed by atoms with E-state index in [2.05, 4.69) is 0 Å². The molecule has 0 aliphatic rings. The Labute approximate surface area is 245 Å². The summed E-state index contributed by atoms with van der Waals surface area (Å²) in [5.41, 5.74) is -1.84. The minimum absolute atomic E-state index is 0.0263. The molecular formula is C31H40F6N4O. The fourth-order valence-electron chi connectivity index (χ4n) is 4.26. The van der Waals surface area contributed by atoms with Gasteiger partial charge in [-0.3, -0.25) is 0 Å². The molecule has 0 amide bonds. The molecule has 42 heavy (non-hydrogen) atoms. The second-order valence-electron chi connectivity index (χ2n) is 12.4. The van der Waals surface area contributed by atoms with E-state index in [1.165, 1.54) is 18.2 Å². The normalized spacial score (nSPS) is 12.1. The highest BCUT2D eigenvalue weighted by Crippen LogP contribution is 2.36. The number of benzene rings is 2. The van der Waals surface area contributed by atoms with Gasteiger partial charge in [0.25, 0.3) is 0 Å². The molecule has 0 aliphatic heterocycles. The summed E-state index contributed by atoms with van der Waals surface area (Å²) in [7, 11) is 0. The Kier molecular flexibility index (Phi) is 12.8. The molecule has 0 saturated heterocycles. The van der Waals surface area contributed by atoms with Crippen LogP contribution in [0.3, 0.4) is 0 Å². The maximum atomic E-state index is 13.0. The minimum Gasteiger partial charge on any atom is -0.395 e. The molecule has 0 bridgehead atoms. The fourth-order valence-corrected chi connectivity index (χ4v) is 4.26. The number of hydrogen-bond acceptors (Lipinski definition) is 5. The molecule has 2 aromatic rings. The van der Waals surface area contributed by atoms with Crippen LogP contribution >= 0.6 is 0 Å². The first-order chi connectivity index (χ1) is 19.2. The van der Waals surface area contributed by atoms with Crippen molar-refractivity contribution in [1.82, 2.24) is 0 Å². The Morgan fingerprint density at radius 2 is 1.02 bits per heavy atom. The van der Waals surface area contributed by atoms with Gasteiger partial charge in [-0.2, -0.15) is 36.9 Å². The average molecular weight is 599 g/mol. The van der Waals surface area contributed by atoms with Crippen molar-refractivity contribution in [3.05, 3.63) is 58.7 Å². The van der Waals surface area contributed by atoms with Crippen LogP contribution in [0.5, 0.6) is 0 Å². The number of nitrogens with zero attached hydrogens (tertiary/aromatic N) is 4. The Bertz CT molecular complexity index is 1150. The van der Waals surface area contributed by atoms with Gasteiger partial charge in [0.15, 0.2) is 0 Å². The standard InChI is InChI=1S/C16H21F3N2.C15H19F3N2O/c1-5-8-21(11-15(2,3)4)13-7-6-12(10-20)14(9-13)16(17,18)19;1-14(2,3)10-20(6-7-21)12-5-4-11(9-19)13(8-12)15(16,17)18/h6-7,9H,5,8,11H2,1-4H3;4-5,8,21H,6-7,10H2,1-3H3. The van der Waals surface area contributed by atoms with Crippen LogP contribution < -0.4 is 9.80 Å². The van der Waals surface area contributed by atoms with Gasteiger partial charge in [-0.25, -0.2) is 0 Å². The van der Waals surface area contributed by atoms with E-state index in [0.29, 0.717) is 31.0 Å². The molecule has 2 aromatic carbocycles. The summed E-state index contributed by atoms with van der Waals surface area (Å²) in [5.74, 6) is 0. The van der Waals surface area contributed by atoms with E-state index in [1.54, 1.807) is 23.1 Å². The van der Waals surface area contributed by atoms with Crippen molar-refractivity contribution in [2.75, 3.05) is 42.6 Å². The van der Waals surface area contributed by atoms with E-state index in [1.807, 2.05) is 53.4 Å². The molecule has 0 heterocycles. The number of anilines is 2. The SMILES string of the molecule is CC(C)(C)CN(CCO)c1ccc(C#N)c(C(F)(F)F)c1.CCCN(CC(C)(C)C)c1ccc(C#N)c(C(F)(F)F)c1. The molecular weight excluding hydrogens is 558 g/mol. The molecule has 2 rings (SSSR count). The van der Waals surface area contributed by atoms with Crippen molar-refractivity contribution in [3.8, 4) is 12.1 Å². The van der Waals surface area contributed by atoms with Crippen LogP contribution in [0.2, 0.25) is 0 Å². The lowest BCUT2D eigenvalue weighted by Gasteiger charge is -2.32. The van der Waals surface area contributed by atoms with Gasteiger partial charge in [0.1, 0.15) is 0 Å². The van der Waals surface area contributed by atoms with E-state index in [9.17, 15) is 26.3 Å². The zero-order valence-electron chi connectivity index (χ0n) is 25.2. The molecule has 0 aromatic heterocycles. The van der Waals surface area contributed by atoms with Gasteiger partial charge < -0.3 is 14.9 Å². The second-order valence-corrected chi connectivity index (χ2v) is 12.4. The zero-order valence-corrected chi connectivity index (χ0v) is 25.2. The molecule has 1 N–H and O–H groups in total. The lowest BCUT2D eigenvalue weighted by Crippen LogP contribution is -2.35. The third-order valence-corrected chi connectivity index (χ3v) is 5.78. The van der Waals surface area contributed by atoms with Crippen LogP contribution in [0.4, 0.5) is 37.7 Å². The van der Waals surface area contributed by atoms with Crippen molar-refractivity contribution < 1.29 is 31.4 Å². The highest BCUT2D eigenvalue weighted by molar-refractivity contribution is 5.56. The van der Waals surface area contributed by atoms with Crippen LogP contribution in [-0.2, 0) is 12.4 Å². The van der Waals surface area contributed by atoms with E-state index < -0.39 is 29.0 Å². The lowest BCUT2D eigenvalue weighted by molar-refractivity contribution is -0.138. The van der Waals surface area contributed by atoms with Crippen LogP contribution in [0.15, 0.2) is 36.4 Å². The molecule has 0 aliphatic carbocycles. The number of aliphatic hydroxyl groups excluding tert-OH is 1. The fraction of sp³-hybridized carbons (Fsp3) is 0.548. The molecule has 0 fully saturated rings. The summed E-state index contributed by atoms with van der Waals surface area (Å²) in [4.78, 5) is 3.63. The van der Waals surface area contributed by atoms with E-state index >= 15 is 0 Å². The van der Waals surface area contributed by atoms with Crippen molar-refractivity contribution in [2.24, 2.45) is 10.8 Å². The molecule has 0 radical (unpaired) electrons. The number of nitriles is 2. The van der Waals surface area contributed by atoms with Crippen molar-refractivity contribution in [1.29, 1.82) is 10.5 Å². The Morgan fingerprint density at radius 1 is 0.667 bits per heavy atom. The smallest absolute Gasteiger partial charge is 0.395 e. The first-order valence-corrected chi connectivity index (χ1v) is 13.5. The van der Waals surface area contributed by atoms with Crippen LogP contribution in [0, 0.1) is 33.5 Å². The Hall–Kier alpha value is -3.44. The summed E-state index contributed by atoms with van der Waals surface area (Å²) in [6.07, 6.45) is -8.24. The second kappa shape index (κ2) is 14.6. The Balaban J connectivity index is 0.000000420. The topological polar surface area (TPSA) is 74.3 Å². The predicted octanol–water partition coefficient (Wildman–Crippen LogP) is 8.26. The molecule has 232 valence electrons. The van der Waals surface area contributed by atoms with Gasteiger partial charge in [0, 0.05) is 37.6 Å². The van der Waals surface area contributed by atoms with Gasteiger partial charge in [-0.1, -0.05) is 48.5 Å². The Morgan fingerprint density at radius 3 is 1.29 bits per heavy atom. The van der Waals surface area contributed by atoms with Gasteiger partial charge in [0.05, 0.1) is 41.0 Å². The summed E-state index contributed by atoms with van der Waals surface area (Å²) >= 11 is 0. The highest BCUT2D eigenvalue weighted by Gasteiger charge is 2.35. The number of halogens is 6. The highest BCUT2D eigenvalue weighted by atomic mass is 19.4. The molecule has 0 spiro atoms. The zero-order chi connectivity index (χ0) is 32.5. The van der Waals surface area contributed by atoms with Crippen LogP contribution in [0.1, 0.15) is 77.1 Å². The quantitative estimate of drug-likeness (QED) is 0.310. The maximum Gasteiger partial charge on any atom is 0.417 e. The molecule has 5 nitrogen and oxygen atoms in total. The van der Waals surface area contributed by atoms with Crippen LogP contribution in [-0.4, -0.2) is 37.9 Å². The number of alkyl halides is 6. The largest absolute Gasteiger partial charge is 0.417 e. The summed E-state index contributed by atoms with van der Waals surface area (Å²) < 4.78 is 78.0. The summed E-state index contributed by atoms with van der Waals surface area (Å²) in [5, 5.41) is 26.7. The first kappa shape index (κ1) is 36.6. The average Bonchev–Trinajstić information content (AvgIpc) is 2.85. The summed E-state index contributed by atoms with van der Waals surface area (Å²) in [6.45, 7) is 15.9. The minimum atomic E-state index is -4.58. The number of hydrogen-bond donors (Lipinski definition) is 1. The van der Waals surface area contributed by atoms with Gasteiger partial charge in [-0.05, 0) is 53.6 Å². The van der Waals surface area contributed by atoms with E-state index in [-0.39, 0.29) is 29.5 Å². The van der Waals surface area contributed by atoms with E-state index in [4.69, 9.17) is 15.6 Å². The van der Waals surface area contributed by atoms with Gasteiger partial charge in [-0.15, -0.1) is 0 Å². The van der Waals surface area contributed by atoms with E-state index in [0.717, 1.165) is 18.6 Å². The maximum absolute atomic E-state index is 13.0. The number of aliphatic hydroxyl groups is 1. The summed E-state index contributed by atoms with van der Waals surface area (Å²) in [6, 6.07) is 10.7. The van der Waals surface area contributed by atoms with Gasteiger partial charge in [0.2, 0.25) is 0 Å². The monoisotopic (exact) mass is 598 g/mol. The molecule has 0 saturated carbocycles. The third kappa shape index (κ3) is 11.8. The third-order valence-electron chi connectivity index (χ3n) is 5.78. The van der Waals surface area contributed by atoms with Crippen LogP contribution in [0.25, 0.3) is 0 Å². The molecule has 0 unspecified atom stereocenters. The lowest BCUT2D eigenvalue weighted by atomic mass is 9.95.